The van der Waals surface area contributed by atoms with E-state index in [0.29, 0.717) is 6.42 Å². The summed E-state index contributed by atoms with van der Waals surface area (Å²) in [5.41, 5.74) is 0. The summed E-state index contributed by atoms with van der Waals surface area (Å²) in [4.78, 5) is 11.6. The minimum Gasteiger partial charge on any atom is -0.465 e. The van der Waals surface area contributed by atoms with E-state index < -0.39 is 33.7 Å². The van der Waals surface area contributed by atoms with Crippen LogP contribution < -0.4 is 0 Å². The van der Waals surface area contributed by atoms with E-state index in [1.807, 2.05) is 0 Å². The summed E-state index contributed by atoms with van der Waals surface area (Å²) in [5.74, 6) is -2.69. The van der Waals surface area contributed by atoms with Gasteiger partial charge in [-0.1, -0.05) is 6.92 Å². The van der Waals surface area contributed by atoms with E-state index in [2.05, 4.69) is 0 Å². The number of hydrogen-bond donors (Lipinski definition) is 0. The molecular formula is C12H14F2O3S. The van der Waals surface area contributed by atoms with E-state index in [-0.39, 0.29) is 11.5 Å². The maximum absolute atomic E-state index is 13.0. The quantitative estimate of drug-likeness (QED) is 0.776. The summed E-state index contributed by atoms with van der Waals surface area (Å²) in [6.07, 6.45) is 0.296. The van der Waals surface area contributed by atoms with Crippen LogP contribution in [0.25, 0.3) is 0 Å². The lowest BCUT2D eigenvalue weighted by molar-refractivity contribution is -0.142. The standard InChI is InChI=1S/C12H14F2O3S/c1-3-11(12(15)17-4-2)18(16)8-5-6-9(13)10(14)7-8/h5-7,11H,3-4H2,1-2H3. The van der Waals surface area contributed by atoms with Gasteiger partial charge in [0.15, 0.2) is 11.6 Å². The molecule has 0 heterocycles. The second-order valence-electron chi connectivity index (χ2n) is 3.52. The number of rotatable bonds is 5. The van der Waals surface area contributed by atoms with Gasteiger partial charge in [-0.3, -0.25) is 9.00 Å². The van der Waals surface area contributed by atoms with Crippen LogP contribution in [0.1, 0.15) is 20.3 Å². The molecule has 1 aromatic carbocycles. The molecule has 0 amide bonds. The number of carbonyl (C=O) groups excluding carboxylic acids is 1. The van der Waals surface area contributed by atoms with E-state index >= 15 is 0 Å². The molecule has 100 valence electrons. The minimum absolute atomic E-state index is 0.0776. The van der Waals surface area contributed by atoms with Gasteiger partial charge in [0.05, 0.1) is 17.4 Å². The van der Waals surface area contributed by atoms with E-state index in [4.69, 9.17) is 4.74 Å². The van der Waals surface area contributed by atoms with Gasteiger partial charge < -0.3 is 4.74 Å². The maximum Gasteiger partial charge on any atom is 0.322 e. The molecule has 6 heteroatoms. The Morgan fingerprint density at radius 3 is 2.50 bits per heavy atom. The zero-order chi connectivity index (χ0) is 13.7. The molecule has 18 heavy (non-hydrogen) atoms. The van der Waals surface area contributed by atoms with Gasteiger partial charge in [0, 0.05) is 4.90 Å². The average Bonchev–Trinajstić information content (AvgIpc) is 2.33. The highest BCUT2D eigenvalue weighted by molar-refractivity contribution is 7.86. The summed E-state index contributed by atoms with van der Waals surface area (Å²) >= 11 is 0. The molecule has 0 saturated carbocycles. The van der Waals surface area contributed by atoms with Crippen LogP contribution in [-0.2, 0) is 20.3 Å². The number of benzene rings is 1. The molecule has 0 spiro atoms. The van der Waals surface area contributed by atoms with E-state index in [0.717, 1.165) is 12.1 Å². The third-order valence-corrected chi connectivity index (χ3v) is 4.06. The fourth-order valence-electron chi connectivity index (χ4n) is 1.41. The Morgan fingerprint density at radius 1 is 1.33 bits per heavy atom. The first-order valence-corrected chi connectivity index (χ1v) is 6.74. The zero-order valence-corrected chi connectivity index (χ0v) is 10.9. The van der Waals surface area contributed by atoms with Crippen molar-refractivity contribution in [2.24, 2.45) is 0 Å². The largest absolute Gasteiger partial charge is 0.465 e. The minimum atomic E-state index is -1.75. The van der Waals surface area contributed by atoms with Crippen LogP contribution in [0.2, 0.25) is 0 Å². The molecule has 0 N–H and O–H groups in total. The van der Waals surface area contributed by atoms with Crippen molar-refractivity contribution in [1.82, 2.24) is 0 Å². The Bertz CT molecular complexity index is 463. The molecule has 0 bridgehead atoms. The number of halogens is 2. The van der Waals surface area contributed by atoms with Crippen LogP contribution in [0.5, 0.6) is 0 Å². The Morgan fingerprint density at radius 2 is 2.00 bits per heavy atom. The lowest BCUT2D eigenvalue weighted by Crippen LogP contribution is -2.27. The first kappa shape index (κ1) is 14.8. The topological polar surface area (TPSA) is 43.4 Å². The highest BCUT2D eigenvalue weighted by atomic mass is 32.2. The van der Waals surface area contributed by atoms with Gasteiger partial charge in [-0.05, 0) is 31.5 Å². The number of esters is 1. The third kappa shape index (κ3) is 3.35. The monoisotopic (exact) mass is 276 g/mol. The van der Waals surface area contributed by atoms with Crippen LogP contribution in [-0.4, -0.2) is 22.0 Å². The zero-order valence-electron chi connectivity index (χ0n) is 10.1. The normalized spacial score (nSPS) is 14.0. The fourth-order valence-corrected chi connectivity index (χ4v) is 2.70. The third-order valence-electron chi connectivity index (χ3n) is 2.30. The van der Waals surface area contributed by atoms with Gasteiger partial charge in [-0.2, -0.15) is 0 Å². The van der Waals surface area contributed by atoms with Crippen LogP contribution in [0.15, 0.2) is 23.1 Å². The summed E-state index contributed by atoms with van der Waals surface area (Å²) in [7, 11) is -1.75. The van der Waals surface area contributed by atoms with E-state index in [1.54, 1.807) is 13.8 Å². The maximum atomic E-state index is 13.0. The Hall–Kier alpha value is -1.30. The Labute approximate surface area is 107 Å². The lowest BCUT2D eigenvalue weighted by Gasteiger charge is -2.13. The van der Waals surface area contributed by atoms with Crippen LogP contribution in [0.4, 0.5) is 8.78 Å². The van der Waals surface area contributed by atoms with Crippen molar-refractivity contribution in [3.8, 4) is 0 Å². The molecule has 0 aliphatic rings. The SMILES string of the molecule is CCOC(=O)C(CC)S(=O)c1ccc(F)c(F)c1. The summed E-state index contributed by atoms with van der Waals surface area (Å²) < 4.78 is 42.7. The molecule has 0 fully saturated rings. The first-order valence-electron chi connectivity index (χ1n) is 5.53. The first-order chi connectivity index (χ1) is 8.51. The lowest BCUT2D eigenvalue weighted by atomic mass is 10.3. The molecule has 3 nitrogen and oxygen atoms in total. The van der Waals surface area contributed by atoms with Crippen molar-refractivity contribution in [2.75, 3.05) is 6.61 Å². The van der Waals surface area contributed by atoms with Crippen LogP contribution >= 0.6 is 0 Å². The van der Waals surface area contributed by atoms with Crippen molar-refractivity contribution in [2.45, 2.75) is 30.4 Å². The van der Waals surface area contributed by atoms with Crippen molar-refractivity contribution in [3.63, 3.8) is 0 Å². The molecule has 2 unspecified atom stereocenters. The van der Waals surface area contributed by atoms with E-state index in [1.165, 1.54) is 6.07 Å². The molecule has 0 aliphatic heterocycles. The second-order valence-corrected chi connectivity index (χ2v) is 5.16. The summed E-state index contributed by atoms with van der Waals surface area (Å²) in [6.45, 7) is 3.51. The predicted molar refractivity (Wildman–Crippen MR) is 63.5 cm³/mol. The van der Waals surface area contributed by atoms with Crippen molar-refractivity contribution < 1.29 is 22.5 Å². The Balaban J connectivity index is 2.96. The average molecular weight is 276 g/mol. The van der Waals surface area contributed by atoms with E-state index in [9.17, 15) is 17.8 Å². The summed E-state index contributed by atoms with van der Waals surface area (Å²) in [6, 6.07) is 2.93. The fraction of sp³-hybridized carbons (Fsp3) is 0.417. The van der Waals surface area contributed by atoms with Crippen molar-refractivity contribution >= 4 is 16.8 Å². The van der Waals surface area contributed by atoms with Gasteiger partial charge in [-0.25, -0.2) is 8.78 Å². The molecule has 0 radical (unpaired) electrons. The smallest absolute Gasteiger partial charge is 0.322 e. The highest BCUT2D eigenvalue weighted by Gasteiger charge is 2.26. The molecule has 0 aliphatic carbocycles. The van der Waals surface area contributed by atoms with Crippen molar-refractivity contribution in [3.05, 3.63) is 29.8 Å². The molecule has 0 aromatic heterocycles. The molecular weight excluding hydrogens is 262 g/mol. The number of ether oxygens (including phenoxy) is 1. The molecule has 2 atom stereocenters. The van der Waals surface area contributed by atoms with Crippen LogP contribution in [0.3, 0.4) is 0 Å². The Kier molecular flexibility index (Phi) is 5.40. The van der Waals surface area contributed by atoms with Gasteiger partial charge in [-0.15, -0.1) is 0 Å². The molecule has 1 aromatic rings. The number of carbonyl (C=O) groups is 1. The molecule has 1 rings (SSSR count). The second kappa shape index (κ2) is 6.58. The van der Waals surface area contributed by atoms with Gasteiger partial charge in [0.25, 0.3) is 0 Å². The molecule has 0 saturated heterocycles. The number of hydrogen-bond acceptors (Lipinski definition) is 3. The van der Waals surface area contributed by atoms with Crippen molar-refractivity contribution in [1.29, 1.82) is 0 Å². The van der Waals surface area contributed by atoms with Gasteiger partial charge >= 0.3 is 5.97 Å². The van der Waals surface area contributed by atoms with Gasteiger partial charge in [0.1, 0.15) is 5.25 Å². The van der Waals surface area contributed by atoms with Crippen LogP contribution in [0, 0.1) is 11.6 Å². The predicted octanol–water partition coefficient (Wildman–Crippen LogP) is 2.41. The summed E-state index contributed by atoms with van der Waals surface area (Å²) in [5, 5.41) is -0.866. The highest BCUT2D eigenvalue weighted by Crippen LogP contribution is 2.18. The van der Waals surface area contributed by atoms with Gasteiger partial charge in [0.2, 0.25) is 0 Å².